The Bertz CT molecular complexity index is 478. The number of benzene rings is 1. The number of carbonyl (C=O) groups is 2. The first-order valence-corrected chi connectivity index (χ1v) is 7.94. The van der Waals surface area contributed by atoms with Crippen LogP contribution in [0.3, 0.4) is 0 Å². The minimum atomic E-state index is -0.420. The van der Waals surface area contributed by atoms with E-state index in [-0.39, 0.29) is 11.8 Å². The summed E-state index contributed by atoms with van der Waals surface area (Å²) in [7, 11) is 0. The molecule has 1 N–H and O–H groups in total. The molecule has 0 heterocycles. The smallest absolute Gasteiger partial charge is 0.225 e. The zero-order chi connectivity index (χ0) is 16.6. The molecule has 2 amide bonds. The van der Waals surface area contributed by atoms with Crippen molar-refractivity contribution >= 4 is 11.8 Å². The van der Waals surface area contributed by atoms with Crippen LogP contribution in [0.4, 0.5) is 0 Å². The average Bonchev–Trinajstić information content (AvgIpc) is 2.46. The Hall–Kier alpha value is -1.84. The van der Waals surface area contributed by atoms with Crippen molar-refractivity contribution < 1.29 is 9.59 Å². The van der Waals surface area contributed by atoms with E-state index in [9.17, 15) is 9.59 Å². The molecule has 4 heteroatoms. The van der Waals surface area contributed by atoms with E-state index in [2.05, 4.69) is 12.2 Å². The molecule has 0 aliphatic rings. The van der Waals surface area contributed by atoms with E-state index >= 15 is 0 Å². The second-order valence-electron chi connectivity index (χ2n) is 6.56. The van der Waals surface area contributed by atoms with Gasteiger partial charge in [-0.25, -0.2) is 0 Å². The summed E-state index contributed by atoms with van der Waals surface area (Å²) in [6, 6.07) is 9.98. The minimum absolute atomic E-state index is 0.0228. The highest BCUT2D eigenvalue weighted by molar-refractivity contribution is 5.82. The standard InChI is InChI=1S/C18H28N2O2/c1-5-13-20(14-15-9-7-6-8-10-15)16(21)11-12-19-17(22)18(2,3)4/h6-10H,5,11-14H2,1-4H3,(H,19,22). The third-order valence-electron chi connectivity index (χ3n) is 3.37. The number of nitrogens with one attached hydrogen (secondary N) is 1. The monoisotopic (exact) mass is 304 g/mol. The van der Waals surface area contributed by atoms with Crippen molar-refractivity contribution in [2.45, 2.75) is 47.1 Å². The number of amides is 2. The number of nitrogens with zero attached hydrogens (tertiary/aromatic N) is 1. The SMILES string of the molecule is CCCN(Cc1ccccc1)C(=O)CCNC(=O)C(C)(C)C. The average molecular weight is 304 g/mol. The molecule has 0 fully saturated rings. The van der Waals surface area contributed by atoms with Crippen molar-refractivity contribution in [3.8, 4) is 0 Å². The van der Waals surface area contributed by atoms with Gasteiger partial charge in [-0.15, -0.1) is 0 Å². The maximum atomic E-state index is 12.3. The Labute approximate surface area is 133 Å². The molecular weight excluding hydrogens is 276 g/mol. The molecule has 0 saturated carbocycles. The van der Waals surface area contributed by atoms with Crippen molar-refractivity contribution in [1.82, 2.24) is 10.2 Å². The molecule has 0 bridgehead atoms. The van der Waals surface area contributed by atoms with Gasteiger partial charge in [-0.05, 0) is 12.0 Å². The lowest BCUT2D eigenvalue weighted by Crippen LogP contribution is -2.38. The highest BCUT2D eigenvalue weighted by Gasteiger charge is 2.21. The Morgan fingerprint density at radius 3 is 2.32 bits per heavy atom. The Morgan fingerprint density at radius 1 is 1.14 bits per heavy atom. The number of rotatable bonds is 7. The lowest BCUT2D eigenvalue weighted by atomic mass is 9.96. The quantitative estimate of drug-likeness (QED) is 0.842. The molecule has 22 heavy (non-hydrogen) atoms. The topological polar surface area (TPSA) is 49.4 Å². The summed E-state index contributed by atoms with van der Waals surface area (Å²) < 4.78 is 0. The number of carbonyl (C=O) groups excluding carboxylic acids is 2. The molecule has 0 unspecified atom stereocenters. The van der Waals surface area contributed by atoms with Crippen molar-refractivity contribution in [3.63, 3.8) is 0 Å². The van der Waals surface area contributed by atoms with Gasteiger partial charge >= 0.3 is 0 Å². The summed E-state index contributed by atoms with van der Waals surface area (Å²) in [6.07, 6.45) is 1.27. The summed E-state index contributed by atoms with van der Waals surface area (Å²) >= 11 is 0. The van der Waals surface area contributed by atoms with Crippen molar-refractivity contribution in [1.29, 1.82) is 0 Å². The van der Waals surface area contributed by atoms with Gasteiger partial charge in [0, 0.05) is 31.5 Å². The van der Waals surface area contributed by atoms with Crippen LogP contribution in [0.5, 0.6) is 0 Å². The Morgan fingerprint density at radius 2 is 1.77 bits per heavy atom. The fourth-order valence-corrected chi connectivity index (χ4v) is 2.07. The fraction of sp³-hybridized carbons (Fsp3) is 0.556. The van der Waals surface area contributed by atoms with Crippen LogP contribution in [0.1, 0.15) is 46.1 Å². The summed E-state index contributed by atoms with van der Waals surface area (Å²) in [5.41, 5.74) is 0.707. The first-order valence-electron chi connectivity index (χ1n) is 7.94. The molecule has 0 aliphatic carbocycles. The molecule has 0 saturated heterocycles. The largest absolute Gasteiger partial charge is 0.355 e. The third-order valence-corrected chi connectivity index (χ3v) is 3.37. The van der Waals surface area contributed by atoms with Crippen LogP contribution in [0.2, 0.25) is 0 Å². The van der Waals surface area contributed by atoms with Gasteiger partial charge in [0.05, 0.1) is 0 Å². The fourth-order valence-electron chi connectivity index (χ4n) is 2.07. The Kier molecular flexibility index (Phi) is 7.09. The van der Waals surface area contributed by atoms with Crippen LogP contribution < -0.4 is 5.32 Å². The van der Waals surface area contributed by atoms with E-state index in [1.165, 1.54) is 0 Å². The normalized spacial score (nSPS) is 11.1. The van der Waals surface area contributed by atoms with E-state index in [4.69, 9.17) is 0 Å². The van der Waals surface area contributed by atoms with Gasteiger partial charge < -0.3 is 10.2 Å². The van der Waals surface area contributed by atoms with E-state index in [0.717, 1.165) is 18.5 Å². The van der Waals surface area contributed by atoms with Gasteiger partial charge in [0.2, 0.25) is 11.8 Å². The molecular formula is C18H28N2O2. The molecule has 122 valence electrons. The number of hydrogen-bond acceptors (Lipinski definition) is 2. The maximum Gasteiger partial charge on any atom is 0.225 e. The van der Waals surface area contributed by atoms with Gasteiger partial charge in [0.1, 0.15) is 0 Å². The Balaban J connectivity index is 2.50. The van der Waals surface area contributed by atoms with Crippen LogP contribution in [0.25, 0.3) is 0 Å². The van der Waals surface area contributed by atoms with Gasteiger partial charge in [-0.3, -0.25) is 9.59 Å². The van der Waals surface area contributed by atoms with Crippen LogP contribution in [-0.4, -0.2) is 29.8 Å². The molecule has 0 atom stereocenters. The van der Waals surface area contributed by atoms with E-state index in [0.29, 0.717) is 19.5 Å². The molecule has 0 aliphatic heterocycles. The van der Waals surface area contributed by atoms with Gasteiger partial charge in [0.25, 0.3) is 0 Å². The van der Waals surface area contributed by atoms with Crippen LogP contribution in [0.15, 0.2) is 30.3 Å². The van der Waals surface area contributed by atoms with Crippen LogP contribution in [-0.2, 0) is 16.1 Å². The van der Waals surface area contributed by atoms with Crippen molar-refractivity contribution in [2.24, 2.45) is 5.41 Å². The highest BCUT2D eigenvalue weighted by atomic mass is 16.2. The molecule has 0 spiro atoms. The van der Waals surface area contributed by atoms with Crippen molar-refractivity contribution in [2.75, 3.05) is 13.1 Å². The molecule has 0 aromatic heterocycles. The highest BCUT2D eigenvalue weighted by Crippen LogP contribution is 2.12. The van der Waals surface area contributed by atoms with Gasteiger partial charge in [0.15, 0.2) is 0 Å². The summed E-state index contributed by atoms with van der Waals surface area (Å²) in [5, 5.41) is 2.83. The molecule has 1 aromatic carbocycles. The third kappa shape index (κ3) is 6.29. The summed E-state index contributed by atoms with van der Waals surface area (Å²) in [6.45, 7) is 9.41. The second-order valence-corrected chi connectivity index (χ2v) is 6.56. The van der Waals surface area contributed by atoms with Gasteiger partial charge in [-0.1, -0.05) is 58.0 Å². The van der Waals surface area contributed by atoms with E-state index < -0.39 is 5.41 Å². The molecule has 4 nitrogen and oxygen atoms in total. The summed E-state index contributed by atoms with van der Waals surface area (Å²) in [4.78, 5) is 26.0. The first-order chi connectivity index (χ1) is 10.3. The second kappa shape index (κ2) is 8.57. The van der Waals surface area contributed by atoms with E-state index in [1.54, 1.807) is 0 Å². The lowest BCUT2D eigenvalue weighted by Gasteiger charge is -2.23. The van der Waals surface area contributed by atoms with Crippen LogP contribution in [0, 0.1) is 5.41 Å². The molecule has 1 aromatic rings. The predicted molar refractivity (Wildman–Crippen MR) is 89.2 cm³/mol. The summed E-state index contributed by atoms with van der Waals surface area (Å²) in [5.74, 6) is 0.0605. The maximum absolute atomic E-state index is 12.3. The van der Waals surface area contributed by atoms with Gasteiger partial charge in [-0.2, -0.15) is 0 Å². The lowest BCUT2D eigenvalue weighted by molar-refractivity contribution is -0.132. The number of hydrogen-bond donors (Lipinski definition) is 1. The predicted octanol–water partition coefficient (Wildman–Crippen LogP) is 2.98. The van der Waals surface area contributed by atoms with Crippen LogP contribution >= 0.6 is 0 Å². The molecule has 1 rings (SSSR count). The van der Waals surface area contributed by atoms with Crippen molar-refractivity contribution in [3.05, 3.63) is 35.9 Å². The zero-order valence-electron chi connectivity index (χ0n) is 14.2. The minimum Gasteiger partial charge on any atom is -0.355 e. The molecule has 0 radical (unpaired) electrons. The zero-order valence-corrected chi connectivity index (χ0v) is 14.2. The first kappa shape index (κ1) is 18.2. The van der Waals surface area contributed by atoms with E-state index in [1.807, 2.05) is 56.0 Å².